The zero-order chi connectivity index (χ0) is 9.14. The van der Waals surface area contributed by atoms with E-state index in [4.69, 9.17) is 4.74 Å². The normalized spacial score (nSPS) is 42.2. The summed E-state index contributed by atoms with van der Waals surface area (Å²) < 4.78 is 5.24. The molecular weight excluding hydrogens is 162 g/mol. The molecule has 0 spiro atoms. The van der Waals surface area contributed by atoms with Crippen molar-refractivity contribution in [1.82, 2.24) is 5.32 Å². The second-order valence-electron chi connectivity index (χ2n) is 2.81. The standard InChI is InChI=1S/C6H11N3O3/c1-3-5(8-10)7-6(9-11)4(2)12-3/h3-7H,1-2H3. The van der Waals surface area contributed by atoms with Crippen LogP contribution in [-0.2, 0) is 4.74 Å². The monoisotopic (exact) mass is 173 g/mol. The van der Waals surface area contributed by atoms with Crippen molar-refractivity contribution < 1.29 is 4.74 Å². The van der Waals surface area contributed by atoms with Crippen LogP contribution in [0, 0.1) is 9.81 Å². The molecule has 1 aliphatic rings. The maximum absolute atomic E-state index is 10.2. The summed E-state index contributed by atoms with van der Waals surface area (Å²) in [6, 6.07) is 0. The summed E-state index contributed by atoms with van der Waals surface area (Å²) in [5.74, 6) is 0. The number of morpholine rings is 1. The van der Waals surface area contributed by atoms with Crippen molar-refractivity contribution in [3.63, 3.8) is 0 Å². The molecule has 6 nitrogen and oxygen atoms in total. The lowest BCUT2D eigenvalue weighted by molar-refractivity contribution is -0.0668. The molecule has 0 aliphatic carbocycles. The molecule has 4 atom stereocenters. The Balaban J connectivity index is 2.62. The Kier molecular flexibility index (Phi) is 2.83. The van der Waals surface area contributed by atoms with Crippen molar-refractivity contribution in [2.75, 3.05) is 0 Å². The lowest BCUT2D eigenvalue weighted by Crippen LogP contribution is -2.55. The van der Waals surface area contributed by atoms with Crippen molar-refractivity contribution in [3.8, 4) is 0 Å². The van der Waals surface area contributed by atoms with Crippen LogP contribution in [0.4, 0.5) is 0 Å². The Labute approximate surface area is 69.6 Å². The lowest BCUT2D eigenvalue weighted by atomic mass is 10.2. The highest BCUT2D eigenvalue weighted by Gasteiger charge is 2.34. The number of hydrogen-bond donors (Lipinski definition) is 1. The largest absolute Gasteiger partial charge is 0.368 e. The fourth-order valence-electron chi connectivity index (χ4n) is 1.17. The Hall–Kier alpha value is -0.880. The van der Waals surface area contributed by atoms with Gasteiger partial charge in [0.2, 0.25) is 0 Å². The molecule has 1 fully saturated rings. The van der Waals surface area contributed by atoms with E-state index in [2.05, 4.69) is 15.7 Å². The summed E-state index contributed by atoms with van der Waals surface area (Å²) in [6.07, 6.45) is -1.97. The number of nitroso groups, excluding NO2 is 2. The minimum absolute atomic E-state index is 0.310. The van der Waals surface area contributed by atoms with Gasteiger partial charge in [0.25, 0.3) is 0 Å². The van der Waals surface area contributed by atoms with Crippen LogP contribution in [-0.4, -0.2) is 24.5 Å². The van der Waals surface area contributed by atoms with Gasteiger partial charge in [-0.2, -0.15) is 0 Å². The van der Waals surface area contributed by atoms with Gasteiger partial charge < -0.3 is 4.74 Å². The maximum Gasteiger partial charge on any atom is 0.170 e. The summed E-state index contributed by atoms with van der Waals surface area (Å²) >= 11 is 0. The molecule has 1 rings (SSSR count). The number of rotatable bonds is 2. The molecule has 0 aromatic carbocycles. The van der Waals surface area contributed by atoms with E-state index in [1.54, 1.807) is 13.8 Å². The van der Waals surface area contributed by atoms with E-state index in [9.17, 15) is 9.81 Å². The maximum atomic E-state index is 10.2. The SMILES string of the molecule is CC1OC(C)C(N=O)NC1N=O. The predicted molar refractivity (Wildman–Crippen MR) is 42.3 cm³/mol. The molecular formula is C6H11N3O3. The third kappa shape index (κ3) is 1.64. The van der Waals surface area contributed by atoms with Gasteiger partial charge in [0.1, 0.15) is 0 Å². The third-order valence-corrected chi connectivity index (χ3v) is 1.89. The van der Waals surface area contributed by atoms with Crippen molar-refractivity contribution in [2.45, 2.75) is 38.4 Å². The van der Waals surface area contributed by atoms with Gasteiger partial charge in [-0.15, -0.1) is 9.81 Å². The van der Waals surface area contributed by atoms with E-state index in [0.29, 0.717) is 0 Å². The highest BCUT2D eigenvalue weighted by atomic mass is 16.5. The van der Waals surface area contributed by atoms with Crippen LogP contribution in [0.3, 0.4) is 0 Å². The molecule has 1 aliphatic heterocycles. The van der Waals surface area contributed by atoms with Gasteiger partial charge in [-0.05, 0) is 24.2 Å². The molecule has 6 heteroatoms. The highest BCUT2D eigenvalue weighted by Crippen LogP contribution is 2.15. The molecule has 0 aromatic heterocycles. The van der Waals surface area contributed by atoms with Gasteiger partial charge in [-0.3, -0.25) is 5.32 Å². The van der Waals surface area contributed by atoms with Crippen molar-refractivity contribution in [1.29, 1.82) is 0 Å². The molecule has 1 N–H and O–H groups in total. The Morgan fingerprint density at radius 3 is 1.83 bits per heavy atom. The molecule has 0 radical (unpaired) electrons. The fraction of sp³-hybridized carbons (Fsp3) is 1.00. The molecule has 12 heavy (non-hydrogen) atoms. The van der Waals surface area contributed by atoms with Crippen molar-refractivity contribution in [3.05, 3.63) is 9.81 Å². The predicted octanol–water partition coefficient (Wildman–Crippen LogP) is 0.568. The Morgan fingerprint density at radius 1 is 1.08 bits per heavy atom. The number of nitrogens with one attached hydrogen (secondary N) is 1. The Morgan fingerprint density at radius 2 is 1.50 bits per heavy atom. The van der Waals surface area contributed by atoms with Crippen LogP contribution >= 0.6 is 0 Å². The molecule has 68 valence electrons. The molecule has 1 heterocycles. The molecule has 0 bridgehead atoms. The van der Waals surface area contributed by atoms with E-state index >= 15 is 0 Å². The fourth-order valence-corrected chi connectivity index (χ4v) is 1.17. The molecule has 1 saturated heterocycles. The Bertz CT molecular complexity index is 169. The van der Waals surface area contributed by atoms with Gasteiger partial charge >= 0.3 is 0 Å². The average Bonchev–Trinajstić information content (AvgIpc) is 2.05. The molecule has 0 saturated carbocycles. The second-order valence-corrected chi connectivity index (χ2v) is 2.81. The minimum atomic E-state index is -0.677. The smallest absolute Gasteiger partial charge is 0.170 e. The van der Waals surface area contributed by atoms with Gasteiger partial charge in [0.05, 0.1) is 12.2 Å². The van der Waals surface area contributed by atoms with Crippen LogP contribution in [0.25, 0.3) is 0 Å². The van der Waals surface area contributed by atoms with Crippen molar-refractivity contribution >= 4 is 0 Å². The molecule has 4 unspecified atom stereocenters. The van der Waals surface area contributed by atoms with E-state index in [1.807, 2.05) is 0 Å². The lowest BCUT2D eigenvalue weighted by Gasteiger charge is -2.33. The quantitative estimate of drug-likeness (QED) is 0.619. The van der Waals surface area contributed by atoms with Crippen LogP contribution in [0.1, 0.15) is 13.8 Å². The summed E-state index contributed by atoms with van der Waals surface area (Å²) in [6.45, 7) is 3.44. The van der Waals surface area contributed by atoms with Crippen LogP contribution in [0.2, 0.25) is 0 Å². The first-order valence-electron chi connectivity index (χ1n) is 3.75. The molecule has 0 amide bonds. The number of ether oxygens (including phenoxy) is 1. The van der Waals surface area contributed by atoms with E-state index in [1.165, 1.54) is 0 Å². The summed E-state index contributed by atoms with van der Waals surface area (Å²) in [7, 11) is 0. The second kappa shape index (κ2) is 3.68. The van der Waals surface area contributed by atoms with E-state index in [-0.39, 0.29) is 12.2 Å². The van der Waals surface area contributed by atoms with Crippen LogP contribution in [0.15, 0.2) is 10.4 Å². The van der Waals surface area contributed by atoms with Gasteiger partial charge in [-0.25, -0.2) is 0 Å². The van der Waals surface area contributed by atoms with E-state index < -0.39 is 12.3 Å². The highest BCUT2D eigenvalue weighted by molar-refractivity contribution is 4.84. The zero-order valence-electron chi connectivity index (χ0n) is 6.93. The van der Waals surface area contributed by atoms with Crippen LogP contribution in [0.5, 0.6) is 0 Å². The first-order valence-corrected chi connectivity index (χ1v) is 3.75. The summed E-state index contributed by atoms with van der Waals surface area (Å²) in [5.41, 5.74) is 0. The van der Waals surface area contributed by atoms with Crippen molar-refractivity contribution in [2.24, 2.45) is 10.4 Å². The third-order valence-electron chi connectivity index (χ3n) is 1.89. The average molecular weight is 173 g/mol. The van der Waals surface area contributed by atoms with Gasteiger partial charge in [-0.1, -0.05) is 0 Å². The first-order chi connectivity index (χ1) is 5.69. The van der Waals surface area contributed by atoms with Crippen LogP contribution < -0.4 is 5.32 Å². The minimum Gasteiger partial charge on any atom is -0.368 e. The van der Waals surface area contributed by atoms with Gasteiger partial charge in [0, 0.05) is 0 Å². The first kappa shape index (κ1) is 9.21. The summed E-state index contributed by atoms with van der Waals surface area (Å²) in [5, 5.41) is 8.22. The molecule has 0 aromatic rings. The zero-order valence-corrected chi connectivity index (χ0v) is 6.93. The summed E-state index contributed by atoms with van der Waals surface area (Å²) in [4.78, 5) is 20.4. The van der Waals surface area contributed by atoms with Gasteiger partial charge in [0.15, 0.2) is 12.3 Å². The number of hydrogen-bond acceptors (Lipinski definition) is 6. The van der Waals surface area contributed by atoms with E-state index in [0.717, 1.165) is 0 Å². The topological polar surface area (TPSA) is 80.1 Å². The number of nitrogens with zero attached hydrogens (tertiary/aromatic N) is 2.